The summed E-state index contributed by atoms with van der Waals surface area (Å²) in [6.45, 7) is 4.77. The van der Waals surface area contributed by atoms with E-state index >= 15 is 0 Å². The molecular weight excluding hydrogens is 326 g/mol. The van der Waals surface area contributed by atoms with Gasteiger partial charge >= 0.3 is 0 Å². The fourth-order valence-electron chi connectivity index (χ4n) is 3.47. The summed E-state index contributed by atoms with van der Waals surface area (Å²) in [5, 5.41) is 0. The van der Waals surface area contributed by atoms with E-state index in [2.05, 4.69) is 32.0 Å². The number of ether oxygens (including phenoxy) is 2. The second kappa shape index (κ2) is 7.40. The monoisotopic (exact) mass is 353 g/mol. The maximum absolute atomic E-state index is 12.4. The molecule has 0 aromatic heterocycles. The number of para-hydroxylation sites is 1. The maximum Gasteiger partial charge on any atom is 0.228 e. The van der Waals surface area contributed by atoms with Gasteiger partial charge in [0.25, 0.3) is 0 Å². The molecule has 1 atom stereocenters. The van der Waals surface area contributed by atoms with Crippen LogP contribution < -0.4 is 9.47 Å². The fraction of sp³-hybridized carbons (Fsp3) is 0.409. The topological polar surface area (TPSA) is 38.8 Å². The summed E-state index contributed by atoms with van der Waals surface area (Å²) < 4.78 is 11.7. The zero-order chi connectivity index (χ0) is 18.8. The average Bonchev–Trinajstić information content (AvgIpc) is 2.65. The van der Waals surface area contributed by atoms with E-state index in [1.165, 1.54) is 5.56 Å². The van der Waals surface area contributed by atoms with Gasteiger partial charge in [0.1, 0.15) is 18.1 Å². The maximum atomic E-state index is 12.4. The van der Waals surface area contributed by atoms with Gasteiger partial charge in [-0.15, -0.1) is 0 Å². The molecule has 1 heterocycles. The quantitative estimate of drug-likeness (QED) is 0.830. The average molecular weight is 353 g/mol. The first-order valence-corrected chi connectivity index (χ1v) is 9.06. The molecule has 4 nitrogen and oxygen atoms in total. The first kappa shape index (κ1) is 18.3. The molecule has 0 N–H and O–H groups in total. The van der Waals surface area contributed by atoms with Gasteiger partial charge in [0.15, 0.2) is 0 Å². The van der Waals surface area contributed by atoms with E-state index in [1.54, 1.807) is 26.1 Å². The fourth-order valence-corrected chi connectivity index (χ4v) is 3.47. The molecule has 1 aliphatic heterocycles. The highest BCUT2D eigenvalue weighted by atomic mass is 16.5. The number of amides is 1. The van der Waals surface area contributed by atoms with E-state index in [-0.39, 0.29) is 11.8 Å². The van der Waals surface area contributed by atoms with Gasteiger partial charge in [0, 0.05) is 25.2 Å². The molecule has 0 aliphatic carbocycles. The number of benzene rings is 2. The van der Waals surface area contributed by atoms with Crippen molar-refractivity contribution in [2.75, 3.05) is 27.8 Å². The van der Waals surface area contributed by atoms with Gasteiger partial charge in [0.2, 0.25) is 5.91 Å². The third kappa shape index (κ3) is 3.41. The summed E-state index contributed by atoms with van der Waals surface area (Å²) in [7, 11) is 5.27. The lowest BCUT2D eigenvalue weighted by Gasteiger charge is -2.29. The van der Waals surface area contributed by atoms with Crippen LogP contribution in [0.1, 0.15) is 30.9 Å². The van der Waals surface area contributed by atoms with Crippen LogP contribution >= 0.6 is 0 Å². The number of fused-ring (bicyclic) bond motifs is 1. The van der Waals surface area contributed by atoms with Gasteiger partial charge in [-0.2, -0.15) is 0 Å². The molecule has 0 bridgehead atoms. The first-order valence-electron chi connectivity index (χ1n) is 9.06. The highest BCUT2D eigenvalue weighted by Crippen LogP contribution is 2.43. The molecule has 0 saturated heterocycles. The SMILES string of the molecule is COc1ccccc1-c1cc(C(C)C)cc2c1OCC(C(=O)N(C)C)C2. The Morgan fingerprint density at radius 3 is 2.58 bits per heavy atom. The van der Waals surface area contributed by atoms with E-state index in [4.69, 9.17) is 9.47 Å². The molecule has 2 aromatic rings. The molecule has 138 valence electrons. The third-order valence-electron chi connectivity index (χ3n) is 4.94. The van der Waals surface area contributed by atoms with Gasteiger partial charge in [-0.05, 0) is 35.6 Å². The predicted octanol–water partition coefficient (Wildman–Crippen LogP) is 4.12. The molecule has 4 heteroatoms. The van der Waals surface area contributed by atoms with Crippen LogP contribution in [0.15, 0.2) is 36.4 Å². The Bertz CT molecular complexity index is 811. The van der Waals surface area contributed by atoms with Crippen LogP contribution in [0.4, 0.5) is 0 Å². The molecular formula is C22H27NO3. The van der Waals surface area contributed by atoms with Crippen molar-refractivity contribution in [1.29, 1.82) is 0 Å². The number of carbonyl (C=O) groups is 1. The minimum absolute atomic E-state index is 0.115. The number of methoxy groups -OCH3 is 1. The van der Waals surface area contributed by atoms with Crippen molar-refractivity contribution in [2.24, 2.45) is 5.92 Å². The van der Waals surface area contributed by atoms with Crippen molar-refractivity contribution in [3.63, 3.8) is 0 Å². The van der Waals surface area contributed by atoms with Crippen molar-refractivity contribution >= 4 is 5.91 Å². The molecule has 0 spiro atoms. The molecule has 2 aromatic carbocycles. The second-order valence-electron chi connectivity index (χ2n) is 7.36. The first-order chi connectivity index (χ1) is 12.4. The van der Waals surface area contributed by atoms with E-state index in [0.717, 1.165) is 28.2 Å². The lowest BCUT2D eigenvalue weighted by atomic mass is 9.87. The Hall–Kier alpha value is -2.49. The van der Waals surface area contributed by atoms with Crippen LogP contribution in [0, 0.1) is 5.92 Å². The zero-order valence-corrected chi connectivity index (χ0v) is 16.2. The number of carbonyl (C=O) groups excluding carboxylic acids is 1. The van der Waals surface area contributed by atoms with Crippen LogP contribution in [0.5, 0.6) is 11.5 Å². The van der Waals surface area contributed by atoms with Crippen LogP contribution in [-0.2, 0) is 11.2 Å². The molecule has 1 unspecified atom stereocenters. The lowest BCUT2D eigenvalue weighted by molar-refractivity contribution is -0.134. The summed E-state index contributed by atoms with van der Waals surface area (Å²) in [6.07, 6.45) is 0.703. The lowest BCUT2D eigenvalue weighted by Crippen LogP contribution is -2.36. The summed E-state index contributed by atoms with van der Waals surface area (Å²) in [5.41, 5.74) is 4.40. The molecule has 1 aliphatic rings. The third-order valence-corrected chi connectivity index (χ3v) is 4.94. The van der Waals surface area contributed by atoms with Crippen LogP contribution in [0.2, 0.25) is 0 Å². The van der Waals surface area contributed by atoms with Gasteiger partial charge in [-0.25, -0.2) is 0 Å². The number of hydrogen-bond acceptors (Lipinski definition) is 3. The molecule has 0 radical (unpaired) electrons. The van der Waals surface area contributed by atoms with Crippen molar-refractivity contribution < 1.29 is 14.3 Å². The van der Waals surface area contributed by atoms with Crippen LogP contribution in [0.3, 0.4) is 0 Å². The largest absolute Gasteiger partial charge is 0.496 e. The van der Waals surface area contributed by atoms with E-state index in [1.807, 2.05) is 18.2 Å². The van der Waals surface area contributed by atoms with Crippen molar-refractivity contribution in [3.05, 3.63) is 47.5 Å². The van der Waals surface area contributed by atoms with E-state index < -0.39 is 0 Å². The molecule has 1 amide bonds. The minimum atomic E-state index is -0.134. The van der Waals surface area contributed by atoms with Crippen molar-refractivity contribution in [2.45, 2.75) is 26.2 Å². The molecule has 0 fully saturated rings. The number of hydrogen-bond donors (Lipinski definition) is 0. The molecule has 3 rings (SSSR count). The van der Waals surface area contributed by atoms with Crippen molar-refractivity contribution in [3.8, 4) is 22.6 Å². The van der Waals surface area contributed by atoms with Gasteiger partial charge in [-0.1, -0.05) is 38.1 Å². The Morgan fingerprint density at radius 2 is 1.92 bits per heavy atom. The van der Waals surface area contributed by atoms with E-state index in [9.17, 15) is 4.79 Å². The highest BCUT2D eigenvalue weighted by Gasteiger charge is 2.30. The summed E-state index contributed by atoms with van der Waals surface area (Å²) in [5.74, 6) is 2.07. The highest BCUT2D eigenvalue weighted by molar-refractivity contribution is 5.82. The van der Waals surface area contributed by atoms with Gasteiger partial charge in [0.05, 0.1) is 13.0 Å². The van der Waals surface area contributed by atoms with Gasteiger partial charge in [-0.3, -0.25) is 4.79 Å². The Balaban J connectivity index is 2.11. The van der Waals surface area contributed by atoms with Crippen LogP contribution in [0.25, 0.3) is 11.1 Å². The van der Waals surface area contributed by atoms with Crippen molar-refractivity contribution in [1.82, 2.24) is 4.90 Å². The normalized spacial score (nSPS) is 16.0. The van der Waals surface area contributed by atoms with E-state index in [0.29, 0.717) is 18.9 Å². The van der Waals surface area contributed by atoms with Crippen LogP contribution in [-0.4, -0.2) is 38.6 Å². The molecule has 0 saturated carbocycles. The summed E-state index contributed by atoms with van der Waals surface area (Å²) in [4.78, 5) is 14.1. The Labute approximate surface area is 155 Å². The zero-order valence-electron chi connectivity index (χ0n) is 16.2. The number of nitrogens with zero attached hydrogens (tertiary/aromatic N) is 1. The Morgan fingerprint density at radius 1 is 1.19 bits per heavy atom. The number of rotatable bonds is 4. The standard InChI is InChI=1S/C22H27NO3/c1-14(2)15-10-16-11-17(22(24)23(3)4)13-26-21(16)19(12-15)18-8-6-7-9-20(18)25-5/h6-10,12,14,17H,11,13H2,1-5H3. The molecule has 26 heavy (non-hydrogen) atoms. The summed E-state index contributed by atoms with van der Waals surface area (Å²) >= 11 is 0. The van der Waals surface area contributed by atoms with Gasteiger partial charge < -0.3 is 14.4 Å². The minimum Gasteiger partial charge on any atom is -0.496 e. The Kier molecular flexibility index (Phi) is 5.21. The predicted molar refractivity (Wildman–Crippen MR) is 104 cm³/mol. The smallest absolute Gasteiger partial charge is 0.228 e. The summed E-state index contributed by atoms with van der Waals surface area (Å²) in [6, 6.07) is 12.4. The second-order valence-corrected chi connectivity index (χ2v) is 7.36.